The number of nitrogens with two attached hydrogens (primary N) is 1. The van der Waals surface area contributed by atoms with Gasteiger partial charge in [-0.1, -0.05) is 12.1 Å². The second kappa shape index (κ2) is 6.53. The Balaban J connectivity index is 1.70. The Bertz CT molecular complexity index is 653. The molecule has 1 saturated heterocycles. The summed E-state index contributed by atoms with van der Waals surface area (Å²) in [4.78, 5) is 22.1. The van der Waals surface area contributed by atoms with Crippen LogP contribution in [0, 0.1) is 0 Å². The van der Waals surface area contributed by atoms with E-state index in [4.69, 9.17) is 10.3 Å². The van der Waals surface area contributed by atoms with Gasteiger partial charge in [0.2, 0.25) is 5.89 Å². The molecule has 3 heterocycles. The number of primary amides is 1. The molecule has 1 atom stereocenters. The van der Waals surface area contributed by atoms with Crippen molar-refractivity contribution in [2.75, 3.05) is 6.54 Å². The van der Waals surface area contributed by atoms with Gasteiger partial charge in [-0.3, -0.25) is 9.69 Å². The number of thiazole rings is 1. The van der Waals surface area contributed by atoms with E-state index in [1.54, 1.807) is 11.3 Å². The van der Waals surface area contributed by atoms with Gasteiger partial charge in [-0.05, 0) is 32.2 Å². The largest absolute Gasteiger partial charge is 0.363 e. The first kappa shape index (κ1) is 15.1. The molecule has 0 saturated carbocycles. The highest BCUT2D eigenvalue weighted by Crippen LogP contribution is 2.32. The fraction of sp³-hybridized carbons (Fsp3) is 0.571. The van der Waals surface area contributed by atoms with Gasteiger partial charge >= 0.3 is 0 Å². The first-order valence-corrected chi connectivity index (χ1v) is 8.36. The van der Waals surface area contributed by atoms with E-state index in [9.17, 15) is 4.79 Å². The molecule has 0 aliphatic carbocycles. The number of aryl methyl sites for hydroxylation is 1. The summed E-state index contributed by atoms with van der Waals surface area (Å²) < 4.78 is 5.20. The van der Waals surface area contributed by atoms with Gasteiger partial charge in [-0.2, -0.15) is 4.98 Å². The predicted octanol–water partition coefficient (Wildman–Crippen LogP) is 1.91. The fourth-order valence-electron chi connectivity index (χ4n) is 2.72. The Morgan fingerprint density at radius 2 is 2.41 bits per heavy atom. The summed E-state index contributed by atoms with van der Waals surface area (Å²) in [6, 6.07) is 0.0388. The number of nitrogens with zero attached hydrogens (tertiary/aromatic N) is 4. The highest BCUT2D eigenvalue weighted by Gasteiger charge is 2.31. The van der Waals surface area contributed by atoms with Crippen molar-refractivity contribution in [2.45, 2.75) is 45.2 Å². The molecule has 7 nitrogen and oxygen atoms in total. The van der Waals surface area contributed by atoms with Crippen LogP contribution in [0.4, 0.5) is 0 Å². The predicted molar refractivity (Wildman–Crippen MR) is 81.3 cm³/mol. The van der Waals surface area contributed by atoms with Gasteiger partial charge in [0.05, 0.1) is 16.7 Å². The van der Waals surface area contributed by atoms with Crippen LogP contribution in [0.3, 0.4) is 0 Å². The number of aromatic nitrogens is 3. The topological polar surface area (TPSA) is 98.1 Å². The monoisotopic (exact) mass is 321 g/mol. The number of carbonyl (C=O) groups excluding carboxylic acids is 1. The molecule has 0 bridgehead atoms. The molecule has 2 aromatic rings. The average molecular weight is 321 g/mol. The fourth-order valence-corrected chi connectivity index (χ4v) is 3.62. The molecule has 2 N–H and O–H groups in total. The van der Waals surface area contributed by atoms with Crippen LogP contribution in [0.5, 0.6) is 0 Å². The highest BCUT2D eigenvalue weighted by atomic mass is 32.1. The van der Waals surface area contributed by atoms with Crippen molar-refractivity contribution in [3.05, 3.63) is 27.8 Å². The van der Waals surface area contributed by atoms with E-state index >= 15 is 0 Å². The molecule has 8 heteroatoms. The van der Waals surface area contributed by atoms with Gasteiger partial charge in [0.15, 0.2) is 0 Å². The minimum Gasteiger partial charge on any atom is -0.363 e. The van der Waals surface area contributed by atoms with Crippen LogP contribution in [0.1, 0.15) is 59.4 Å². The summed E-state index contributed by atoms with van der Waals surface area (Å²) in [6.45, 7) is 3.88. The van der Waals surface area contributed by atoms with Crippen molar-refractivity contribution in [1.82, 2.24) is 20.0 Å². The van der Waals surface area contributed by atoms with Gasteiger partial charge in [0.25, 0.3) is 11.7 Å². The van der Waals surface area contributed by atoms with Crippen molar-refractivity contribution in [3.63, 3.8) is 0 Å². The Morgan fingerprint density at radius 1 is 1.55 bits per heavy atom. The second-order valence-corrected chi connectivity index (χ2v) is 6.37. The molecule has 22 heavy (non-hydrogen) atoms. The van der Waals surface area contributed by atoms with E-state index in [1.165, 1.54) is 5.01 Å². The number of rotatable bonds is 6. The normalized spacial score (nSPS) is 18.9. The van der Waals surface area contributed by atoms with Crippen LogP contribution < -0.4 is 5.73 Å². The van der Waals surface area contributed by atoms with Crippen LogP contribution in [0.2, 0.25) is 0 Å². The summed E-state index contributed by atoms with van der Waals surface area (Å²) in [7, 11) is 0. The van der Waals surface area contributed by atoms with Gasteiger partial charge in [-0.25, -0.2) is 4.98 Å². The molecule has 0 radical (unpaired) electrons. The first-order valence-electron chi connectivity index (χ1n) is 7.48. The number of hydrogen-bond donors (Lipinski definition) is 1. The SMILES string of the molecule is CCCc1nc(CN2CCC[C@H]2c2nc(C(N)=O)no2)cs1. The molecule has 1 fully saturated rings. The molecule has 0 unspecified atom stereocenters. The third-order valence-electron chi connectivity index (χ3n) is 3.74. The van der Waals surface area contributed by atoms with Crippen LogP contribution in [0.15, 0.2) is 9.90 Å². The molecule has 1 aliphatic rings. The summed E-state index contributed by atoms with van der Waals surface area (Å²) in [5.41, 5.74) is 6.25. The van der Waals surface area contributed by atoms with Crippen LogP contribution in [-0.2, 0) is 13.0 Å². The average Bonchev–Trinajstić information content (AvgIpc) is 3.19. The van der Waals surface area contributed by atoms with Crippen molar-refractivity contribution >= 4 is 17.2 Å². The lowest BCUT2D eigenvalue weighted by Gasteiger charge is -2.20. The lowest BCUT2D eigenvalue weighted by Crippen LogP contribution is -2.23. The maximum absolute atomic E-state index is 11.1. The smallest absolute Gasteiger partial charge is 0.290 e. The van der Waals surface area contributed by atoms with Gasteiger partial charge in [-0.15, -0.1) is 11.3 Å². The number of hydrogen-bond acceptors (Lipinski definition) is 7. The molecule has 0 spiro atoms. The lowest BCUT2D eigenvalue weighted by atomic mass is 10.2. The van der Waals surface area contributed by atoms with E-state index < -0.39 is 5.91 Å². The van der Waals surface area contributed by atoms with Crippen LogP contribution in [0.25, 0.3) is 0 Å². The standard InChI is InChI=1S/C14H19N5O2S/c1-2-4-11-16-9(8-22-11)7-19-6-3-5-10(19)14-17-13(12(15)20)18-21-14/h8,10H,2-7H2,1H3,(H2,15,20)/t10-/m0/s1. The lowest BCUT2D eigenvalue weighted by molar-refractivity contribution is 0.0987. The molecule has 1 amide bonds. The molecule has 118 valence electrons. The summed E-state index contributed by atoms with van der Waals surface area (Å²) in [6.07, 6.45) is 4.13. The van der Waals surface area contributed by atoms with Crippen molar-refractivity contribution in [3.8, 4) is 0 Å². The molecule has 1 aliphatic heterocycles. The zero-order valence-electron chi connectivity index (χ0n) is 12.5. The maximum Gasteiger partial charge on any atom is 0.290 e. The number of amides is 1. The van der Waals surface area contributed by atoms with Crippen molar-refractivity contribution in [1.29, 1.82) is 0 Å². The summed E-state index contributed by atoms with van der Waals surface area (Å²) in [5.74, 6) is -0.251. The molecular weight excluding hydrogens is 302 g/mol. The highest BCUT2D eigenvalue weighted by molar-refractivity contribution is 7.09. The van der Waals surface area contributed by atoms with Gasteiger partial charge in [0, 0.05) is 11.9 Å². The zero-order chi connectivity index (χ0) is 15.5. The van der Waals surface area contributed by atoms with E-state index in [0.29, 0.717) is 5.89 Å². The third-order valence-corrected chi connectivity index (χ3v) is 4.70. The van der Waals surface area contributed by atoms with Crippen LogP contribution in [-0.4, -0.2) is 32.5 Å². The number of carbonyl (C=O) groups is 1. The molecular formula is C14H19N5O2S. The number of likely N-dealkylation sites (tertiary alicyclic amines) is 1. The quantitative estimate of drug-likeness (QED) is 0.872. The molecule has 0 aromatic carbocycles. The molecule has 2 aromatic heterocycles. The van der Waals surface area contributed by atoms with Gasteiger partial charge in [0.1, 0.15) is 0 Å². The summed E-state index contributed by atoms with van der Waals surface area (Å²) >= 11 is 1.71. The molecule has 3 rings (SSSR count). The third kappa shape index (κ3) is 3.17. The minimum absolute atomic E-state index is 0.0388. The second-order valence-electron chi connectivity index (χ2n) is 5.43. The van der Waals surface area contributed by atoms with E-state index in [2.05, 4.69) is 32.3 Å². The minimum atomic E-state index is -0.664. The summed E-state index contributed by atoms with van der Waals surface area (Å²) in [5, 5.41) is 6.93. The first-order chi connectivity index (χ1) is 10.7. The van der Waals surface area contributed by atoms with Crippen molar-refractivity contribution < 1.29 is 9.32 Å². The Labute approximate surface area is 132 Å². The zero-order valence-corrected chi connectivity index (χ0v) is 13.3. The Hall–Kier alpha value is -1.80. The van der Waals surface area contributed by atoms with E-state index in [0.717, 1.165) is 44.5 Å². The van der Waals surface area contributed by atoms with Gasteiger partial charge < -0.3 is 10.3 Å². The maximum atomic E-state index is 11.1. The van der Waals surface area contributed by atoms with Crippen LogP contribution >= 0.6 is 11.3 Å². The van der Waals surface area contributed by atoms with Crippen molar-refractivity contribution in [2.24, 2.45) is 5.73 Å². The van der Waals surface area contributed by atoms with E-state index in [1.807, 2.05) is 0 Å². The Morgan fingerprint density at radius 3 is 3.14 bits per heavy atom. The Kier molecular flexibility index (Phi) is 4.49. The van der Waals surface area contributed by atoms with E-state index in [-0.39, 0.29) is 11.9 Å².